The fourth-order valence-electron chi connectivity index (χ4n) is 4.04. The molecule has 0 saturated heterocycles. The van der Waals surface area contributed by atoms with E-state index in [0.29, 0.717) is 17.0 Å². The average Bonchev–Trinajstić information content (AvgIpc) is 3.06. The third-order valence-electron chi connectivity index (χ3n) is 5.16. The molecule has 0 spiro atoms. The molecule has 0 aliphatic heterocycles. The summed E-state index contributed by atoms with van der Waals surface area (Å²) in [5.74, 6) is -0.895. The predicted octanol–water partition coefficient (Wildman–Crippen LogP) is 4.99. The van der Waals surface area contributed by atoms with E-state index in [1.165, 1.54) is 7.11 Å². The van der Waals surface area contributed by atoms with Crippen LogP contribution in [0.4, 0.5) is 0 Å². The van der Waals surface area contributed by atoms with E-state index in [4.69, 9.17) is 16.3 Å². The molecule has 0 amide bonds. The first kappa shape index (κ1) is 16.6. The van der Waals surface area contributed by atoms with Crippen molar-refractivity contribution in [2.24, 2.45) is 5.92 Å². The van der Waals surface area contributed by atoms with Gasteiger partial charge in [0.05, 0.1) is 19.1 Å². The lowest BCUT2D eigenvalue weighted by Crippen LogP contribution is -2.29. The van der Waals surface area contributed by atoms with E-state index < -0.39 is 5.92 Å². The number of halogens is 1. The lowest BCUT2D eigenvalue weighted by Gasteiger charge is -2.32. The summed E-state index contributed by atoms with van der Waals surface area (Å²) in [6.07, 6.45) is 2.47. The number of carbonyl (C=O) groups excluding carboxylic acids is 1. The Morgan fingerprint density at radius 3 is 2.62 bits per heavy atom. The smallest absolute Gasteiger partial charge is 0.309 e. The first-order valence-corrected chi connectivity index (χ1v) is 8.79. The van der Waals surface area contributed by atoms with Crippen molar-refractivity contribution in [2.45, 2.75) is 12.3 Å². The van der Waals surface area contributed by atoms with Crippen LogP contribution >= 0.6 is 11.6 Å². The van der Waals surface area contributed by atoms with Gasteiger partial charge >= 0.3 is 5.97 Å². The first-order chi connectivity index (χ1) is 12.6. The summed E-state index contributed by atoms with van der Waals surface area (Å²) < 4.78 is 5.06. The molecule has 4 rings (SSSR count). The van der Waals surface area contributed by atoms with Crippen molar-refractivity contribution in [2.75, 3.05) is 7.11 Å². The van der Waals surface area contributed by atoms with Crippen molar-refractivity contribution in [3.63, 3.8) is 0 Å². The molecule has 128 valence electrons. The molecule has 0 heterocycles. The lowest BCUT2D eigenvalue weighted by atomic mass is 9.70. The van der Waals surface area contributed by atoms with Gasteiger partial charge in [-0.1, -0.05) is 48.0 Å². The van der Waals surface area contributed by atoms with Crippen LogP contribution in [0.15, 0.2) is 59.7 Å². The van der Waals surface area contributed by atoms with Crippen LogP contribution in [0.3, 0.4) is 0 Å². The first-order valence-electron chi connectivity index (χ1n) is 8.42. The Hall–Kier alpha value is -2.83. The summed E-state index contributed by atoms with van der Waals surface area (Å²) >= 11 is 6.05. The van der Waals surface area contributed by atoms with Crippen molar-refractivity contribution >= 4 is 29.2 Å². The topological polar surface area (TPSA) is 50.1 Å². The summed E-state index contributed by atoms with van der Waals surface area (Å²) in [4.78, 5) is 12.5. The van der Waals surface area contributed by atoms with Gasteiger partial charge in [0.25, 0.3) is 0 Å². The number of esters is 1. The second kappa shape index (κ2) is 6.48. The third kappa shape index (κ3) is 2.55. The number of benzene rings is 2. The minimum absolute atomic E-state index is 0.167. The number of ether oxygens (including phenoxy) is 1. The van der Waals surface area contributed by atoms with Gasteiger partial charge in [0.2, 0.25) is 0 Å². The van der Waals surface area contributed by atoms with E-state index in [0.717, 1.165) is 27.8 Å². The number of rotatable bonds is 2. The molecule has 2 aliphatic carbocycles. The normalized spacial score (nSPS) is 20.7. The van der Waals surface area contributed by atoms with Crippen molar-refractivity contribution in [1.29, 1.82) is 5.26 Å². The molecule has 4 heteroatoms. The SMILES string of the molecule is COC(=O)[C@H]1CC(C#N)=C2C(=Cc3ccccc32)[C@@H]1c1ccc(Cl)cc1. The van der Waals surface area contributed by atoms with Crippen LogP contribution in [0, 0.1) is 17.2 Å². The Morgan fingerprint density at radius 2 is 1.92 bits per heavy atom. The van der Waals surface area contributed by atoms with Crippen LogP contribution in [0.25, 0.3) is 11.6 Å². The van der Waals surface area contributed by atoms with E-state index in [2.05, 4.69) is 12.1 Å². The Balaban J connectivity index is 1.94. The molecule has 2 atom stereocenters. The van der Waals surface area contributed by atoms with Crippen molar-refractivity contribution in [1.82, 2.24) is 0 Å². The van der Waals surface area contributed by atoms with Gasteiger partial charge in [-0.05, 0) is 52.5 Å². The Bertz CT molecular complexity index is 996. The highest BCUT2D eigenvalue weighted by molar-refractivity contribution is 6.30. The number of methoxy groups -OCH3 is 1. The Morgan fingerprint density at radius 1 is 1.19 bits per heavy atom. The zero-order valence-electron chi connectivity index (χ0n) is 14.2. The van der Waals surface area contributed by atoms with Gasteiger partial charge in [-0.15, -0.1) is 0 Å². The van der Waals surface area contributed by atoms with Gasteiger partial charge in [0.15, 0.2) is 0 Å². The molecule has 0 unspecified atom stereocenters. The van der Waals surface area contributed by atoms with Gasteiger partial charge < -0.3 is 4.74 Å². The zero-order chi connectivity index (χ0) is 18.3. The second-order valence-corrected chi connectivity index (χ2v) is 6.95. The highest BCUT2D eigenvalue weighted by Crippen LogP contribution is 2.53. The predicted molar refractivity (Wildman–Crippen MR) is 101 cm³/mol. The number of hydrogen-bond acceptors (Lipinski definition) is 3. The summed E-state index contributed by atoms with van der Waals surface area (Å²) in [7, 11) is 1.39. The number of allylic oxidation sites excluding steroid dienone is 3. The van der Waals surface area contributed by atoms with E-state index in [1.807, 2.05) is 48.5 Å². The Labute approximate surface area is 157 Å². The lowest BCUT2D eigenvalue weighted by molar-refractivity contribution is -0.145. The van der Waals surface area contributed by atoms with Gasteiger partial charge in [-0.3, -0.25) is 4.79 Å². The van der Waals surface area contributed by atoms with Crippen molar-refractivity contribution in [3.05, 3.63) is 81.4 Å². The van der Waals surface area contributed by atoms with Crippen molar-refractivity contribution in [3.8, 4) is 6.07 Å². The Kier molecular flexibility index (Phi) is 4.14. The molecule has 2 aromatic carbocycles. The molecule has 0 saturated carbocycles. The van der Waals surface area contributed by atoms with E-state index in [1.54, 1.807) is 0 Å². The monoisotopic (exact) mass is 361 g/mol. The fraction of sp³-hybridized carbons (Fsp3) is 0.182. The minimum atomic E-state index is -0.430. The number of hydrogen-bond donors (Lipinski definition) is 0. The number of nitriles is 1. The standard InChI is InChI=1S/C22H16ClNO2/c1-26-22(25)19-11-15(12-24)21-17-5-3-2-4-14(17)10-18(21)20(19)13-6-8-16(23)9-7-13/h2-10,19-20H,11H2,1H3/t19-,20-/m0/s1. The maximum atomic E-state index is 12.5. The van der Waals surface area contributed by atoms with Gasteiger partial charge in [0.1, 0.15) is 0 Å². The van der Waals surface area contributed by atoms with Crippen LogP contribution in [0.2, 0.25) is 5.02 Å². The van der Waals surface area contributed by atoms with Crippen LogP contribution in [0.5, 0.6) is 0 Å². The van der Waals surface area contributed by atoms with Crippen LogP contribution in [-0.2, 0) is 9.53 Å². The molecule has 26 heavy (non-hydrogen) atoms. The average molecular weight is 362 g/mol. The number of nitrogens with zero attached hydrogens (tertiary/aromatic N) is 1. The van der Waals surface area contributed by atoms with E-state index >= 15 is 0 Å². The molecule has 0 radical (unpaired) electrons. The molecule has 0 bridgehead atoms. The highest BCUT2D eigenvalue weighted by atomic mass is 35.5. The quantitative estimate of drug-likeness (QED) is 0.708. The second-order valence-electron chi connectivity index (χ2n) is 6.52. The summed E-state index contributed by atoms with van der Waals surface area (Å²) in [5, 5.41) is 10.4. The minimum Gasteiger partial charge on any atom is -0.469 e. The molecule has 0 N–H and O–H groups in total. The maximum absolute atomic E-state index is 12.5. The van der Waals surface area contributed by atoms with Crippen LogP contribution in [-0.4, -0.2) is 13.1 Å². The molecular weight excluding hydrogens is 346 g/mol. The molecule has 2 aliphatic rings. The van der Waals surface area contributed by atoms with Crippen molar-refractivity contribution < 1.29 is 9.53 Å². The zero-order valence-corrected chi connectivity index (χ0v) is 15.0. The summed E-state index contributed by atoms with van der Waals surface area (Å²) in [6.45, 7) is 0. The van der Waals surface area contributed by atoms with Gasteiger partial charge in [-0.25, -0.2) is 0 Å². The van der Waals surface area contributed by atoms with E-state index in [-0.39, 0.29) is 11.9 Å². The molecule has 3 nitrogen and oxygen atoms in total. The summed E-state index contributed by atoms with van der Waals surface area (Å²) in [6, 6.07) is 17.9. The third-order valence-corrected chi connectivity index (χ3v) is 5.41. The summed E-state index contributed by atoms with van der Waals surface area (Å²) in [5.41, 5.74) is 5.74. The largest absolute Gasteiger partial charge is 0.469 e. The highest BCUT2D eigenvalue weighted by Gasteiger charge is 2.42. The molecule has 2 aromatic rings. The molecule has 0 fully saturated rings. The maximum Gasteiger partial charge on any atom is 0.309 e. The van der Waals surface area contributed by atoms with Crippen LogP contribution < -0.4 is 0 Å². The van der Waals surface area contributed by atoms with E-state index in [9.17, 15) is 10.1 Å². The van der Waals surface area contributed by atoms with Gasteiger partial charge in [-0.2, -0.15) is 5.26 Å². The van der Waals surface area contributed by atoms with Gasteiger partial charge in [0, 0.05) is 16.5 Å². The number of carbonyl (C=O) groups is 1. The van der Waals surface area contributed by atoms with Crippen LogP contribution in [0.1, 0.15) is 29.0 Å². The number of fused-ring (bicyclic) bond motifs is 3. The molecule has 0 aromatic heterocycles. The molecular formula is C22H16ClNO2. The fourth-order valence-corrected chi connectivity index (χ4v) is 4.16.